The molecule has 2 aliphatic heterocycles. The molecule has 0 N–H and O–H groups in total. The van der Waals surface area contributed by atoms with Gasteiger partial charge in [-0.05, 0) is 158 Å². The van der Waals surface area contributed by atoms with Crippen molar-refractivity contribution in [1.82, 2.24) is 15.0 Å². The lowest BCUT2D eigenvalue weighted by Crippen LogP contribution is -2.61. The van der Waals surface area contributed by atoms with E-state index in [4.69, 9.17) is 15.0 Å². The zero-order valence-electron chi connectivity index (χ0n) is 47.0. The fourth-order valence-electron chi connectivity index (χ4n) is 12.5. The zero-order valence-corrected chi connectivity index (χ0v) is 47.0. The summed E-state index contributed by atoms with van der Waals surface area (Å²) >= 11 is 0. The van der Waals surface area contributed by atoms with E-state index >= 15 is 0 Å². The lowest BCUT2D eigenvalue weighted by molar-refractivity contribution is 0.795. The van der Waals surface area contributed by atoms with Crippen molar-refractivity contribution < 1.29 is 0 Å². The van der Waals surface area contributed by atoms with Crippen LogP contribution in [0.1, 0.15) is 50.7 Å². The Labute approximate surface area is 488 Å². The second-order valence-corrected chi connectivity index (χ2v) is 22.1. The molecule has 1 aromatic heterocycles. The van der Waals surface area contributed by atoms with E-state index in [1.807, 2.05) is 12.1 Å². The number of anilines is 6. The third-order valence-electron chi connectivity index (χ3n) is 16.6. The predicted octanol–water partition coefficient (Wildman–Crippen LogP) is 18.3. The number of rotatable bonds is 15. The van der Waals surface area contributed by atoms with Gasteiger partial charge in [-0.25, -0.2) is 15.0 Å². The molecule has 0 fully saturated rings. The minimum atomic E-state index is -0.107. The van der Waals surface area contributed by atoms with Crippen LogP contribution in [0.25, 0.3) is 78.7 Å². The highest BCUT2D eigenvalue weighted by atomic mass is 15.2. The van der Waals surface area contributed by atoms with E-state index in [1.54, 1.807) is 0 Å². The number of hydrogen-bond donors (Lipinski definition) is 0. The first-order valence-electron chi connectivity index (χ1n) is 29.5. The Bertz CT molecular complexity index is 3900. The molecule has 0 atom stereocenters. The molecule has 12 aromatic rings. The summed E-state index contributed by atoms with van der Waals surface area (Å²) < 4.78 is 0. The number of fused-ring (bicyclic) bond motifs is 4. The Balaban J connectivity index is 1.12. The van der Waals surface area contributed by atoms with Crippen molar-refractivity contribution in [3.63, 3.8) is 0 Å². The molecular weight excluding hydrogens is 1010 g/mol. The van der Waals surface area contributed by atoms with Gasteiger partial charge in [0.1, 0.15) is 0 Å². The van der Waals surface area contributed by atoms with Crippen molar-refractivity contribution in [2.24, 2.45) is 0 Å². The van der Waals surface area contributed by atoms with Gasteiger partial charge in [-0.2, -0.15) is 0 Å². The molecule has 11 aromatic carbocycles. The van der Waals surface area contributed by atoms with E-state index < -0.39 is 0 Å². The molecule has 0 amide bonds. The molecule has 0 radical (unpaired) electrons. The second-order valence-electron chi connectivity index (χ2n) is 22.1. The first-order valence-corrected chi connectivity index (χ1v) is 29.5. The van der Waals surface area contributed by atoms with Crippen LogP contribution in [-0.4, -0.2) is 21.7 Å². The van der Waals surface area contributed by atoms with Crippen LogP contribution >= 0.6 is 0 Å². The average Bonchev–Trinajstić information content (AvgIpc) is 1.73. The van der Waals surface area contributed by atoms with Gasteiger partial charge in [-0.15, -0.1) is 0 Å². The number of benzene rings is 11. The lowest BCUT2D eigenvalue weighted by atomic mass is 9.33. The van der Waals surface area contributed by atoms with Crippen LogP contribution < -0.4 is 26.2 Å². The Morgan fingerprint density at radius 1 is 0.289 bits per heavy atom. The van der Waals surface area contributed by atoms with Crippen molar-refractivity contribution in [3.05, 3.63) is 278 Å². The number of nitrogens with zero attached hydrogens (tertiary/aromatic N) is 5. The van der Waals surface area contributed by atoms with Gasteiger partial charge in [-0.1, -0.05) is 233 Å². The van der Waals surface area contributed by atoms with Gasteiger partial charge < -0.3 is 9.80 Å². The van der Waals surface area contributed by atoms with Gasteiger partial charge >= 0.3 is 0 Å². The van der Waals surface area contributed by atoms with Crippen LogP contribution in [-0.2, 0) is 12.8 Å². The topological polar surface area (TPSA) is 45.2 Å². The van der Waals surface area contributed by atoms with Gasteiger partial charge in [0.15, 0.2) is 17.5 Å². The predicted molar refractivity (Wildman–Crippen MR) is 349 cm³/mol. The third kappa shape index (κ3) is 10.0. The van der Waals surface area contributed by atoms with Crippen LogP contribution in [0.5, 0.6) is 0 Å². The molecule has 398 valence electrons. The van der Waals surface area contributed by atoms with Crippen molar-refractivity contribution in [2.45, 2.75) is 52.4 Å². The molecule has 2 aliphatic rings. The highest BCUT2D eigenvalue weighted by molar-refractivity contribution is 7.00. The SMILES string of the molecule is CCCCc1ccc2c(c1)B1c3cc(CCCC)ccc3N(c3cc(-c4ccccc4)cc(-c4ccccc4)c3)c3cc(-c4nc(-c5ccccc5)nc(-c5ccccc5)n4)cc(c31)N2c1cc(-c2ccccc2)cc(-c2ccccc2)c1. The normalized spacial score (nSPS) is 12.2. The highest BCUT2D eigenvalue weighted by Gasteiger charge is 2.44. The zero-order chi connectivity index (χ0) is 55.6. The summed E-state index contributed by atoms with van der Waals surface area (Å²) in [6, 6.07) is 97.7. The van der Waals surface area contributed by atoms with Gasteiger partial charge in [-0.3, -0.25) is 0 Å². The number of unbranched alkanes of at least 4 members (excludes halogenated alkanes) is 2. The Kier molecular flexibility index (Phi) is 13.9. The first kappa shape index (κ1) is 51.3. The molecule has 0 saturated heterocycles. The summed E-state index contributed by atoms with van der Waals surface area (Å²) in [5, 5.41) is 0. The Morgan fingerprint density at radius 2 is 0.602 bits per heavy atom. The van der Waals surface area contributed by atoms with Crippen LogP contribution in [0.3, 0.4) is 0 Å². The van der Waals surface area contributed by atoms with Crippen molar-refractivity contribution in [1.29, 1.82) is 0 Å². The summed E-state index contributed by atoms with van der Waals surface area (Å²) in [6.07, 6.45) is 6.50. The van der Waals surface area contributed by atoms with Gasteiger partial charge in [0.2, 0.25) is 0 Å². The molecule has 0 unspecified atom stereocenters. The first-order chi connectivity index (χ1) is 41.0. The van der Waals surface area contributed by atoms with Gasteiger partial charge in [0.05, 0.1) is 0 Å². The van der Waals surface area contributed by atoms with E-state index in [-0.39, 0.29) is 6.71 Å². The number of hydrogen-bond acceptors (Lipinski definition) is 5. The summed E-state index contributed by atoms with van der Waals surface area (Å²) in [5.41, 5.74) is 25.2. The third-order valence-corrected chi connectivity index (χ3v) is 16.6. The van der Waals surface area contributed by atoms with E-state index in [9.17, 15) is 0 Å². The Morgan fingerprint density at radius 3 is 0.928 bits per heavy atom. The molecule has 0 spiro atoms. The van der Waals surface area contributed by atoms with Crippen LogP contribution in [0.15, 0.2) is 267 Å². The smallest absolute Gasteiger partial charge is 0.252 e. The number of aromatic nitrogens is 3. The molecule has 3 heterocycles. The summed E-state index contributed by atoms with van der Waals surface area (Å²) in [7, 11) is 0. The van der Waals surface area contributed by atoms with Crippen molar-refractivity contribution >= 4 is 57.2 Å². The Hall–Kier alpha value is -9.91. The molecular formula is C77H62BN5. The molecule has 6 heteroatoms. The van der Waals surface area contributed by atoms with Gasteiger partial charge in [0, 0.05) is 50.8 Å². The van der Waals surface area contributed by atoms with Crippen molar-refractivity contribution in [2.75, 3.05) is 9.80 Å². The number of aryl methyl sites for hydroxylation is 2. The molecule has 0 saturated carbocycles. The monoisotopic (exact) mass is 1070 g/mol. The molecule has 0 bridgehead atoms. The maximum Gasteiger partial charge on any atom is 0.252 e. The lowest BCUT2D eigenvalue weighted by Gasteiger charge is -2.45. The maximum absolute atomic E-state index is 5.48. The van der Waals surface area contributed by atoms with Crippen molar-refractivity contribution in [3.8, 4) is 78.7 Å². The maximum atomic E-state index is 5.48. The van der Waals surface area contributed by atoms with E-state index in [2.05, 4.69) is 278 Å². The van der Waals surface area contributed by atoms with E-state index in [0.29, 0.717) is 17.5 Å². The van der Waals surface area contributed by atoms with Gasteiger partial charge in [0.25, 0.3) is 6.71 Å². The molecule has 83 heavy (non-hydrogen) atoms. The molecule has 5 nitrogen and oxygen atoms in total. The quantitative estimate of drug-likeness (QED) is 0.0958. The summed E-state index contributed by atoms with van der Waals surface area (Å²) in [5.74, 6) is 1.84. The van der Waals surface area contributed by atoms with E-state index in [0.717, 1.165) is 134 Å². The molecule has 14 rings (SSSR count). The highest BCUT2D eigenvalue weighted by Crippen LogP contribution is 2.49. The minimum absolute atomic E-state index is 0.107. The largest absolute Gasteiger partial charge is 0.311 e. The second kappa shape index (κ2) is 22.6. The summed E-state index contributed by atoms with van der Waals surface area (Å²) in [6.45, 7) is 4.48. The fraction of sp³-hybridized carbons (Fsp3) is 0.104. The van der Waals surface area contributed by atoms with Crippen LogP contribution in [0.2, 0.25) is 0 Å². The van der Waals surface area contributed by atoms with E-state index in [1.165, 1.54) is 27.5 Å². The standard InChI is InChI=1S/C77H62BN5/c1-3-5-25-53-39-41-70-68(43-53)78-69-44-54(26-6-4-2)40-42-71(69)83(67-49-63(57-31-17-9-18-32-57)46-64(50-67)58-33-19-10-20-34-58)73-52-65(77-80-75(59-35-21-11-22-36-59)79-76(81-77)60-37-23-12-24-38-60)51-72(74(73)78)82(70)66-47-61(55-27-13-7-14-28-55)45-62(48-66)56-29-15-8-16-30-56/h7-24,27-52H,3-6,25-26H2,1-2H3. The minimum Gasteiger partial charge on any atom is -0.311 e. The summed E-state index contributed by atoms with van der Waals surface area (Å²) in [4.78, 5) is 21.3. The average molecular weight is 1070 g/mol. The molecule has 0 aliphatic carbocycles. The van der Waals surface area contributed by atoms with Crippen LogP contribution in [0.4, 0.5) is 34.1 Å². The van der Waals surface area contributed by atoms with Crippen LogP contribution in [0, 0.1) is 0 Å². The fourth-order valence-corrected chi connectivity index (χ4v) is 12.5.